The molecule has 1 aliphatic rings. The van der Waals surface area contributed by atoms with Gasteiger partial charge in [-0.1, -0.05) is 12.1 Å². The molecule has 0 saturated heterocycles. The highest BCUT2D eigenvalue weighted by Gasteiger charge is 2.35. The molecule has 1 aromatic carbocycles. The fraction of sp³-hybridized carbons (Fsp3) is 0.300. The van der Waals surface area contributed by atoms with Crippen LogP contribution in [0.25, 0.3) is 0 Å². The molecule has 0 radical (unpaired) electrons. The molecule has 2 unspecified atom stereocenters. The quantitative estimate of drug-likeness (QED) is 0.805. The number of nitrogens with one attached hydrogen (secondary N) is 1. The Hall–Kier alpha value is -0.620. The van der Waals surface area contributed by atoms with Crippen LogP contribution in [-0.2, 0) is 0 Å². The number of benzene rings is 1. The van der Waals surface area contributed by atoms with Gasteiger partial charge in [0, 0.05) is 15.7 Å². The number of halogens is 1. The van der Waals surface area contributed by atoms with Crippen molar-refractivity contribution in [2.75, 3.05) is 0 Å². The zero-order valence-electron chi connectivity index (χ0n) is 7.53. The number of carbonyl (C=O) groups is 1. The lowest BCUT2D eigenvalue weighted by Crippen LogP contribution is -2.30. The minimum atomic E-state index is -0.0204. The van der Waals surface area contributed by atoms with Crippen LogP contribution >= 0.6 is 22.6 Å². The van der Waals surface area contributed by atoms with Crippen LogP contribution in [-0.4, -0.2) is 18.0 Å². The molecule has 1 fully saturated rings. The first kappa shape index (κ1) is 9.92. The standard InChI is InChI=1S/C10H11IN2O/c11-7-4-2-1-3-6(7)10(14)13-9-5-8(9)12/h1-4,8-9H,5,12H2,(H,13,14). The van der Waals surface area contributed by atoms with Crippen LogP contribution in [0.5, 0.6) is 0 Å². The molecule has 0 aromatic heterocycles. The first-order valence-corrected chi connectivity index (χ1v) is 5.57. The van der Waals surface area contributed by atoms with E-state index in [0.717, 1.165) is 15.6 Å². The van der Waals surface area contributed by atoms with Gasteiger partial charge in [-0.3, -0.25) is 4.79 Å². The van der Waals surface area contributed by atoms with E-state index in [1.54, 1.807) is 0 Å². The van der Waals surface area contributed by atoms with Crippen molar-refractivity contribution < 1.29 is 4.79 Å². The monoisotopic (exact) mass is 302 g/mol. The van der Waals surface area contributed by atoms with Gasteiger partial charge in [0.25, 0.3) is 5.91 Å². The molecule has 4 heteroatoms. The number of rotatable bonds is 2. The number of carbonyl (C=O) groups excluding carboxylic acids is 1. The minimum absolute atomic E-state index is 0.0204. The molecule has 14 heavy (non-hydrogen) atoms. The molecule has 1 aromatic rings. The second-order valence-corrected chi connectivity index (χ2v) is 4.62. The average molecular weight is 302 g/mol. The van der Waals surface area contributed by atoms with Gasteiger partial charge < -0.3 is 11.1 Å². The highest BCUT2D eigenvalue weighted by atomic mass is 127. The van der Waals surface area contributed by atoms with Crippen molar-refractivity contribution >= 4 is 28.5 Å². The number of hydrogen-bond acceptors (Lipinski definition) is 2. The van der Waals surface area contributed by atoms with Gasteiger partial charge in [0.05, 0.1) is 5.56 Å². The summed E-state index contributed by atoms with van der Waals surface area (Å²) in [6.45, 7) is 0. The SMILES string of the molecule is NC1CC1NC(=O)c1ccccc1I. The summed E-state index contributed by atoms with van der Waals surface area (Å²) >= 11 is 2.16. The zero-order valence-corrected chi connectivity index (χ0v) is 9.69. The van der Waals surface area contributed by atoms with E-state index in [1.165, 1.54) is 0 Å². The minimum Gasteiger partial charge on any atom is -0.348 e. The van der Waals surface area contributed by atoms with Crippen molar-refractivity contribution in [3.8, 4) is 0 Å². The van der Waals surface area contributed by atoms with Crippen LogP contribution in [0.15, 0.2) is 24.3 Å². The van der Waals surface area contributed by atoms with E-state index in [0.29, 0.717) is 0 Å². The predicted octanol–water partition coefficient (Wildman–Crippen LogP) is 1.12. The van der Waals surface area contributed by atoms with Gasteiger partial charge in [-0.2, -0.15) is 0 Å². The Labute approximate surface area is 96.2 Å². The van der Waals surface area contributed by atoms with E-state index in [4.69, 9.17) is 5.73 Å². The highest BCUT2D eigenvalue weighted by molar-refractivity contribution is 14.1. The molecular weight excluding hydrogens is 291 g/mol. The van der Waals surface area contributed by atoms with E-state index in [9.17, 15) is 4.79 Å². The summed E-state index contributed by atoms with van der Waals surface area (Å²) in [5, 5.41) is 2.89. The predicted molar refractivity (Wildman–Crippen MR) is 63.0 cm³/mol. The third kappa shape index (κ3) is 2.06. The molecule has 3 nitrogen and oxygen atoms in total. The molecule has 0 heterocycles. The van der Waals surface area contributed by atoms with E-state index in [1.807, 2.05) is 24.3 Å². The summed E-state index contributed by atoms with van der Waals surface area (Å²) in [5.74, 6) is -0.0204. The molecule has 0 aliphatic heterocycles. The smallest absolute Gasteiger partial charge is 0.252 e. The fourth-order valence-corrected chi connectivity index (χ4v) is 1.90. The average Bonchev–Trinajstić information content (AvgIpc) is 2.82. The lowest BCUT2D eigenvalue weighted by Gasteiger charge is -2.05. The summed E-state index contributed by atoms with van der Waals surface area (Å²) in [4.78, 5) is 11.7. The topological polar surface area (TPSA) is 55.1 Å². The third-order valence-electron chi connectivity index (χ3n) is 2.27. The maximum absolute atomic E-state index is 11.7. The molecule has 3 N–H and O–H groups in total. The second-order valence-electron chi connectivity index (χ2n) is 3.46. The molecule has 1 aliphatic carbocycles. The van der Waals surface area contributed by atoms with Gasteiger partial charge in [-0.25, -0.2) is 0 Å². The van der Waals surface area contributed by atoms with Crippen molar-refractivity contribution in [2.24, 2.45) is 5.73 Å². The van der Waals surface area contributed by atoms with Crippen molar-refractivity contribution in [1.29, 1.82) is 0 Å². The summed E-state index contributed by atoms with van der Waals surface area (Å²) in [5.41, 5.74) is 6.34. The fourth-order valence-electron chi connectivity index (χ4n) is 1.27. The van der Waals surface area contributed by atoms with Crippen LogP contribution in [0, 0.1) is 3.57 Å². The lowest BCUT2D eigenvalue weighted by atomic mass is 10.2. The summed E-state index contributed by atoms with van der Waals surface area (Å²) in [6, 6.07) is 7.86. The largest absolute Gasteiger partial charge is 0.348 e. The normalized spacial score (nSPS) is 24.4. The van der Waals surface area contributed by atoms with Gasteiger partial charge in [-0.05, 0) is 41.1 Å². The van der Waals surface area contributed by atoms with E-state index < -0.39 is 0 Å². The Kier molecular flexibility index (Phi) is 2.73. The van der Waals surface area contributed by atoms with Crippen molar-refractivity contribution in [2.45, 2.75) is 18.5 Å². The Morgan fingerprint density at radius 3 is 2.71 bits per heavy atom. The summed E-state index contributed by atoms with van der Waals surface area (Å²) in [7, 11) is 0. The maximum Gasteiger partial charge on any atom is 0.252 e. The zero-order chi connectivity index (χ0) is 10.1. The molecule has 2 atom stereocenters. The van der Waals surface area contributed by atoms with E-state index in [-0.39, 0.29) is 18.0 Å². The molecule has 1 amide bonds. The molecule has 2 rings (SSSR count). The van der Waals surface area contributed by atoms with Crippen molar-refractivity contribution in [3.05, 3.63) is 33.4 Å². The van der Waals surface area contributed by atoms with Gasteiger partial charge in [-0.15, -0.1) is 0 Å². The van der Waals surface area contributed by atoms with E-state index in [2.05, 4.69) is 27.9 Å². The van der Waals surface area contributed by atoms with Crippen LogP contribution in [0.1, 0.15) is 16.8 Å². The molecular formula is C10H11IN2O. The Balaban J connectivity index is 2.07. The molecule has 0 spiro atoms. The van der Waals surface area contributed by atoms with Gasteiger partial charge in [0.15, 0.2) is 0 Å². The van der Waals surface area contributed by atoms with Crippen LogP contribution in [0.2, 0.25) is 0 Å². The van der Waals surface area contributed by atoms with Crippen LogP contribution in [0.3, 0.4) is 0 Å². The lowest BCUT2D eigenvalue weighted by molar-refractivity contribution is 0.0949. The van der Waals surface area contributed by atoms with Crippen LogP contribution in [0.4, 0.5) is 0 Å². The van der Waals surface area contributed by atoms with Crippen LogP contribution < -0.4 is 11.1 Å². The van der Waals surface area contributed by atoms with Gasteiger partial charge >= 0.3 is 0 Å². The second kappa shape index (κ2) is 3.86. The number of nitrogens with two attached hydrogens (primary N) is 1. The first-order valence-electron chi connectivity index (χ1n) is 4.49. The highest BCUT2D eigenvalue weighted by Crippen LogP contribution is 2.19. The summed E-state index contributed by atoms with van der Waals surface area (Å²) < 4.78 is 0.969. The number of amides is 1. The first-order chi connectivity index (χ1) is 6.68. The Bertz CT molecular complexity index is 367. The third-order valence-corrected chi connectivity index (χ3v) is 3.22. The summed E-state index contributed by atoms with van der Waals surface area (Å²) in [6.07, 6.45) is 0.898. The molecule has 74 valence electrons. The maximum atomic E-state index is 11.7. The Morgan fingerprint density at radius 2 is 2.14 bits per heavy atom. The molecule has 0 bridgehead atoms. The van der Waals surface area contributed by atoms with Crippen molar-refractivity contribution in [1.82, 2.24) is 5.32 Å². The van der Waals surface area contributed by atoms with Gasteiger partial charge in [0.1, 0.15) is 0 Å². The van der Waals surface area contributed by atoms with E-state index >= 15 is 0 Å². The molecule has 1 saturated carbocycles. The Morgan fingerprint density at radius 1 is 1.50 bits per heavy atom. The number of hydrogen-bond donors (Lipinski definition) is 2. The van der Waals surface area contributed by atoms with Gasteiger partial charge in [0.2, 0.25) is 0 Å². The van der Waals surface area contributed by atoms with Crippen molar-refractivity contribution in [3.63, 3.8) is 0 Å².